The summed E-state index contributed by atoms with van der Waals surface area (Å²) in [5.74, 6) is -1.37. The summed E-state index contributed by atoms with van der Waals surface area (Å²) < 4.78 is 13.7. The van der Waals surface area contributed by atoms with Crippen LogP contribution in [0.5, 0.6) is 0 Å². The predicted octanol–water partition coefficient (Wildman–Crippen LogP) is 3.14. The molecule has 0 fully saturated rings. The Morgan fingerprint density at radius 3 is 2.70 bits per heavy atom. The molecule has 0 saturated carbocycles. The van der Waals surface area contributed by atoms with E-state index in [0.29, 0.717) is 4.47 Å². The number of nitrogens with one attached hydrogen (secondary N) is 1. The SMILES string of the molecule is O=C(Nc1ccc(F)cc1[N+](=O)[O-])c1ccc(Br)cn1. The molecule has 0 aliphatic rings. The second kappa shape index (κ2) is 5.74. The van der Waals surface area contributed by atoms with E-state index >= 15 is 0 Å². The number of carbonyl (C=O) groups is 1. The highest BCUT2D eigenvalue weighted by molar-refractivity contribution is 9.10. The summed E-state index contributed by atoms with van der Waals surface area (Å²) in [6.07, 6.45) is 1.42. The number of amides is 1. The van der Waals surface area contributed by atoms with Crippen molar-refractivity contribution in [2.45, 2.75) is 0 Å². The number of rotatable bonds is 3. The monoisotopic (exact) mass is 339 g/mol. The van der Waals surface area contributed by atoms with Gasteiger partial charge in [0, 0.05) is 10.7 Å². The van der Waals surface area contributed by atoms with Crippen LogP contribution in [0.2, 0.25) is 0 Å². The van der Waals surface area contributed by atoms with Crippen LogP contribution >= 0.6 is 15.9 Å². The zero-order valence-electron chi connectivity index (χ0n) is 9.84. The van der Waals surface area contributed by atoms with Gasteiger partial charge in [0.15, 0.2) is 0 Å². The van der Waals surface area contributed by atoms with Crippen LogP contribution in [0, 0.1) is 15.9 Å². The van der Waals surface area contributed by atoms with Gasteiger partial charge in [-0.1, -0.05) is 0 Å². The molecule has 0 aliphatic heterocycles. The summed E-state index contributed by atoms with van der Waals surface area (Å²) in [7, 11) is 0. The van der Waals surface area contributed by atoms with Crippen molar-refractivity contribution in [3.8, 4) is 0 Å². The van der Waals surface area contributed by atoms with Crippen molar-refractivity contribution in [3.05, 3.63) is 62.6 Å². The quantitative estimate of drug-likeness (QED) is 0.687. The van der Waals surface area contributed by atoms with Crippen molar-refractivity contribution < 1.29 is 14.1 Å². The van der Waals surface area contributed by atoms with Gasteiger partial charge in [-0.15, -0.1) is 0 Å². The molecular formula is C12H7BrFN3O3. The van der Waals surface area contributed by atoms with Crippen LogP contribution in [0.3, 0.4) is 0 Å². The molecule has 2 aromatic rings. The Bertz CT molecular complexity index is 676. The third-order valence-electron chi connectivity index (χ3n) is 2.36. The lowest BCUT2D eigenvalue weighted by Gasteiger charge is -2.05. The summed E-state index contributed by atoms with van der Waals surface area (Å²) >= 11 is 3.17. The van der Waals surface area contributed by atoms with Gasteiger partial charge in [-0.3, -0.25) is 14.9 Å². The van der Waals surface area contributed by atoms with E-state index in [9.17, 15) is 19.3 Å². The fourth-order valence-corrected chi connectivity index (χ4v) is 1.69. The van der Waals surface area contributed by atoms with Crippen LogP contribution in [-0.4, -0.2) is 15.8 Å². The highest BCUT2D eigenvalue weighted by Gasteiger charge is 2.18. The van der Waals surface area contributed by atoms with Crippen LogP contribution in [0.15, 0.2) is 41.0 Å². The Hall–Kier alpha value is -2.35. The Labute approximate surface area is 120 Å². The molecule has 0 spiro atoms. The Kier molecular flexibility index (Phi) is 4.04. The van der Waals surface area contributed by atoms with E-state index in [2.05, 4.69) is 26.2 Å². The standard InChI is InChI=1S/C12H7BrFN3O3/c13-7-1-3-10(15-6-7)12(18)16-9-4-2-8(14)5-11(9)17(19)20/h1-6H,(H,16,18). The lowest BCUT2D eigenvalue weighted by atomic mass is 10.2. The summed E-state index contributed by atoms with van der Waals surface area (Å²) in [6, 6.07) is 5.96. The average molecular weight is 340 g/mol. The molecule has 2 rings (SSSR count). The second-order valence-electron chi connectivity index (χ2n) is 3.73. The number of nitrogens with zero attached hydrogens (tertiary/aromatic N) is 2. The van der Waals surface area contributed by atoms with Gasteiger partial charge in [0.2, 0.25) is 0 Å². The molecule has 0 unspecified atom stereocenters. The van der Waals surface area contributed by atoms with Gasteiger partial charge in [0.05, 0.1) is 11.0 Å². The van der Waals surface area contributed by atoms with Crippen LogP contribution in [0.1, 0.15) is 10.5 Å². The maximum Gasteiger partial charge on any atom is 0.295 e. The molecule has 1 aromatic heterocycles. The minimum atomic E-state index is -0.770. The van der Waals surface area contributed by atoms with Gasteiger partial charge in [0.1, 0.15) is 17.2 Å². The summed E-state index contributed by atoms with van der Waals surface area (Å²) in [4.78, 5) is 25.8. The van der Waals surface area contributed by atoms with Gasteiger partial charge in [0.25, 0.3) is 11.6 Å². The Morgan fingerprint density at radius 2 is 2.10 bits per heavy atom. The molecule has 1 amide bonds. The largest absolute Gasteiger partial charge is 0.315 e. The first-order valence-electron chi connectivity index (χ1n) is 5.34. The number of anilines is 1. The fraction of sp³-hybridized carbons (Fsp3) is 0. The summed E-state index contributed by atoms with van der Waals surface area (Å²) in [6.45, 7) is 0. The number of nitro groups is 1. The van der Waals surface area contributed by atoms with Crippen LogP contribution in [0.25, 0.3) is 0 Å². The molecule has 0 aliphatic carbocycles. The highest BCUT2D eigenvalue weighted by Crippen LogP contribution is 2.25. The van der Waals surface area contributed by atoms with Crippen molar-refractivity contribution in [2.24, 2.45) is 0 Å². The average Bonchev–Trinajstić information content (AvgIpc) is 2.41. The number of hydrogen-bond acceptors (Lipinski definition) is 4. The van der Waals surface area contributed by atoms with Gasteiger partial charge in [-0.2, -0.15) is 0 Å². The van der Waals surface area contributed by atoms with Crippen molar-refractivity contribution in [3.63, 3.8) is 0 Å². The first kappa shape index (κ1) is 14.1. The molecule has 1 N–H and O–H groups in total. The third kappa shape index (κ3) is 3.15. The molecule has 102 valence electrons. The van der Waals surface area contributed by atoms with Crippen LogP contribution in [0.4, 0.5) is 15.8 Å². The summed E-state index contributed by atoms with van der Waals surface area (Å²) in [5, 5.41) is 13.1. The molecule has 1 heterocycles. The number of nitro benzene ring substituents is 1. The number of aromatic nitrogens is 1. The minimum absolute atomic E-state index is 0.0897. The molecule has 1 aromatic carbocycles. The second-order valence-corrected chi connectivity index (χ2v) is 4.65. The van der Waals surface area contributed by atoms with Gasteiger partial charge in [-0.05, 0) is 40.2 Å². The van der Waals surface area contributed by atoms with E-state index in [-0.39, 0.29) is 11.4 Å². The first-order chi connectivity index (χ1) is 9.47. The number of halogens is 2. The van der Waals surface area contributed by atoms with Gasteiger partial charge in [-0.25, -0.2) is 9.37 Å². The lowest BCUT2D eigenvalue weighted by Crippen LogP contribution is -2.14. The van der Waals surface area contributed by atoms with Gasteiger partial charge < -0.3 is 5.32 Å². The van der Waals surface area contributed by atoms with E-state index in [1.54, 1.807) is 6.07 Å². The number of carbonyl (C=O) groups excluding carboxylic acids is 1. The molecule has 20 heavy (non-hydrogen) atoms. The minimum Gasteiger partial charge on any atom is -0.315 e. The zero-order chi connectivity index (χ0) is 14.7. The highest BCUT2D eigenvalue weighted by atomic mass is 79.9. The van der Waals surface area contributed by atoms with E-state index < -0.39 is 22.3 Å². The molecule has 8 heteroatoms. The molecule has 0 atom stereocenters. The van der Waals surface area contributed by atoms with E-state index in [1.807, 2.05) is 0 Å². The maximum atomic E-state index is 13.0. The van der Waals surface area contributed by atoms with Crippen molar-refractivity contribution in [1.29, 1.82) is 0 Å². The van der Waals surface area contributed by atoms with Crippen molar-refractivity contribution >= 4 is 33.2 Å². The van der Waals surface area contributed by atoms with Crippen molar-refractivity contribution in [2.75, 3.05) is 5.32 Å². The van der Waals surface area contributed by atoms with E-state index in [1.165, 1.54) is 12.3 Å². The molecule has 6 nitrogen and oxygen atoms in total. The van der Waals surface area contributed by atoms with E-state index in [0.717, 1.165) is 18.2 Å². The van der Waals surface area contributed by atoms with Crippen LogP contribution < -0.4 is 5.32 Å². The first-order valence-corrected chi connectivity index (χ1v) is 6.13. The van der Waals surface area contributed by atoms with Crippen LogP contribution in [-0.2, 0) is 0 Å². The smallest absolute Gasteiger partial charge is 0.295 e. The zero-order valence-corrected chi connectivity index (χ0v) is 11.4. The summed E-state index contributed by atoms with van der Waals surface area (Å²) in [5.41, 5.74) is -0.520. The topological polar surface area (TPSA) is 85.1 Å². The number of benzene rings is 1. The molecular weight excluding hydrogens is 333 g/mol. The predicted molar refractivity (Wildman–Crippen MR) is 72.9 cm³/mol. The maximum absolute atomic E-state index is 13.0. The third-order valence-corrected chi connectivity index (χ3v) is 2.83. The van der Waals surface area contributed by atoms with E-state index in [4.69, 9.17) is 0 Å². The van der Waals surface area contributed by atoms with Crippen molar-refractivity contribution in [1.82, 2.24) is 4.98 Å². The van der Waals surface area contributed by atoms with Gasteiger partial charge >= 0.3 is 0 Å². The lowest BCUT2D eigenvalue weighted by molar-refractivity contribution is -0.384. The normalized spacial score (nSPS) is 10.1. The number of hydrogen-bond donors (Lipinski definition) is 1. The molecule has 0 radical (unpaired) electrons. The fourth-order valence-electron chi connectivity index (χ4n) is 1.46. The molecule has 0 saturated heterocycles. The molecule has 0 bridgehead atoms. The Morgan fingerprint density at radius 1 is 1.35 bits per heavy atom. The Balaban J connectivity index is 2.28. The number of pyridine rings is 1.